The molecule has 1 unspecified atom stereocenters. The summed E-state index contributed by atoms with van der Waals surface area (Å²) in [6.07, 6.45) is 1.14. The van der Waals surface area contributed by atoms with Gasteiger partial charge in [0.1, 0.15) is 0 Å². The van der Waals surface area contributed by atoms with Crippen LogP contribution in [0.1, 0.15) is 29.7 Å². The first-order valence-electron chi connectivity index (χ1n) is 6.17. The van der Waals surface area contributed by atoms with Crippen LogP contribution in [0, 0.1) is 13.8 Å². The predicted molar refractivity (Wildman–Crippen MR) is 73.6 cm³/mol. The van der Waals surface area contributed by atoms with E-state index in [4.69, 9.17) is 4.74 Å². The molecule has 1 amide bonds. The molecule has 102 valence electrons. The summed E-state index contributed by atoms with van der Waals surface area (Å²) in [6.45, 7) is 9.25. The summed E-state index contributed by atoms with van der Waals surface area (Å²) in [4.78, 5) is 23.5. The molecule has 0 spiro atoms. The van der Waals surface area contributed by atoms with Crippen LogP contribution >= 0.6 is 0 Å². The Morgan fingerprint density at radius 1 is 1.42 bits per heavy atom. The highest BCUT2D eigenvalue weighted by molar-refractivity contribution is 5.91. The molecule has 1 rings (SSSR count). The molecule has 4 nitrogen and oxygen atoms in total. The van der Waals surface area contributed by atoms with Gasteiger partial charge in [0.25, 0.3) is 0 Å². The van der Waals surface area contributed by atoms with Crippen LogP contribution < -0.4 is 5.32 Å². The largest absolute Gasteiger partial charge is 0.464 e. The van der Waals surface area contributed by atoms with Gasteiger partial charge in [-0.25, -0.2) is 4.79 Å². The van der Waals surface area contributed by atoms with Crippen LogP contribution in [-0.2, 0) is 14.3 Å². The summed E-state index contributed by atoms with van der Waals surface area (Å²) < 4.78 is 5.01. The Labute approximate surface area is 113 Å². The van der Waals surface area contributed by atoms with Gasteiger partial charge in [-0.3, -0.25) is 4.79 Å². The van der Waals surface area contributed by atoms with Crippen LogP contribution in [0.2, 0.25) is 0 Å². The van der Waals surface area contributed by atoms with Crippen molar-refractivity contribution in [2.75, 3.05) is 6.61 Å². The minimum atomic E-state index is -0.801. The Kier molecular flexibility index (Phi) is 5.30. The first-order valence-corrected chi connectivity index (χ1v) is 6.17. The van der Waals surface area contributed by atoms with E-state index in [1.165, 1.54) is 0 Å². The third-order valence-corrected chi connectivity index (χ3v) is 2.95. The van der Waals surface area contributed by atoms with Crippen LogP contribution in [0.25, 0.3) is 0 Å². The van der Waals surface area contributed by atoms with E-state index in [0.717, 1.165) is 22.8 Å². The van der Waals surface area contributed by atoms with E-state index < -0.39 is 17.9 Å². The maximum atomic E-state index is 12.0. The summed E-state index contributed by atoms with van der Waals surface area (Å²) in [5.74, 6) is -0.870. The van der Waals surface area contributed by atoms with Crippen LogP contribution in [-0.4, -0.2) is 18.5 Å². The summed E-state index contributed by atoms with van der Waals surface area (Å²) in [5.41, 5.74) is 2.76. The molecule has 0 aromatic heterocycles. The molecule has 19 heavy (non-hydrogen) atoms. The average molecular weight is 261 g/mol. The molecule has 1 atom stereocenters. The number of nitrogens with one attached hydrogen (secondary N) is 1. The Morgan fingerprint density at radius 3 is 2.68 bits per heavy atom. The molecule has 0 bridgehead atoms. The third-order valence-electron chi connectivity index (χ3n) is 2.95. The summed E-state index contributed by atoms with van der Waals surface area (Å²) in [6, 6.07) is 4.82. The number of benzene rings is 1. The second-order valence-corrected chi connectivity index (χ2v) is 4.19. The summed E-state index contributed by atoms with van der Waals surface area (Å²) in [5, 5.41) is 2.60. The zero-order valence-electron chi connectivity index (χ0n) is 11.5. The van der Waals surface area contributed by atoms with E-state index in [0.29, 0.717) is 0 Å². The van der Waals surface area contributed by atoms with Crippen molar-refractivity contribution in [1.82, 2.24) is 5.32 Å². The van der Waals surface area contributed by atoms with Crippen molar-refractivity contribution < 1.29 is 14.3 Å². The molecule has 0 heterocycles. The number of rotatable bonds is 5. The Bertz CT molecular complexity index is 494. The van der Waals surface area contributed by atoms with Gasteiger partial charge in [-0.1, -0.05) is 24.8 Å². The van der Waals surface area contributed by atoms with Crippen molar-refractivity contribution in [2.24, 2.45) is 0 Å². The minimum absolute atomic E-state index is 0.268. The number of carbonyl (C=O) groups excluding carboxylic acids is 2. The Balaban J connectivity index is 3.14. The third kappa shape index (κ3) is 3.68. The molecule has 1 aromatic carbocycles. The zero-order valence-corrected chi connectivity index (χ0v) is 11.5. The van der Waals surface area contributed by atoms with Gasteiger partial charge in [0.05, 0.1) is 6.61 Å². The fraction of sp³-hybridized carbons (Fsp3) is 0.333. The topological polar surface area (TPSA) is 55.4 Å². The minimum Gasteiger partial charge on any atom is -0.464 e. The molecule has 1 N–H and O–H groups in total. The zero-order chi connectivity index (χ0) is 14.4. The molecular formula is C15H19NO3. The number of carbonyl (C=O) groups is 2. The van der Waals surface area contributed by atoms with Crippen LogP contribution in [0.5, 0.6) is 0 Å². The van der Waals surface area contributed by atoms with Gasteiger partial charge in [0, 0.05) is 0 Å². The molecule has 0 aliphatic carbocycles. The maximum Gasteiger partial charge on any atom is 0.333 e. The molecule has 0 aliphatic rings. The molecule has 1 aromatic rings. The number of amides is 1. The second-order valence-electron chi connectivity index (χ2n) is 4.19. The van der Waals surface area contributed by atoms with E-state index >= 15 is 0 Å². The monoisotopic (exact) mass is 261 g/mol. The van der Waals surface area contributed by atoms with Crippen molar-refractivity contribution in [1.29, 1.82) is 0 Å². The van der Waals surface area contributed by atoms with Gasteiger partial charge < -0.3 is 10.1 Å². The number of aryl methyl sites for hydroxylation is 1. The van der Waals surface area contributed by atoms with E-state index in [1.807, 2.05) is 32.0 Å². The van der Waals surface area contributed by atoms with Crippen LogP contribution in [0.3, 0.4) is 0 Å². The lowest BCUT2D eigenvalue weighted by Gasteiger charge is -2.19. The lowest BCUT2D eigenvalue weighted by molar-refractivity contribution is -0.147. The highest BCUT2D eigenvalue weighted by atomic mass is 16.5. The molecule has 0 fully saturated rings. The van der Waals surface area contributed by atoms with Crippen molar-refractivity contribution >= 4 is 11.9 Å². The molecular weight excluding hydrogens is 242 g/mol. The lowest BCUT2D eigenvalue weighted by atomic mass is 9.97. The number of ether oxygens (including phenoxy) is 1. The smallest absolute Gasteiger partial charge is 0.333 e. The maximum absolute atomic E-state index is 12.0. The van der Waals surface area contributed by atoms with E-state index in [1.54, 1.807) is 6.92 Å². The average Bonchev–Trinajstić information content (AvgIpc) is 2.39. The predicted octanol–water partition coefficient (Wildman–Crippen LogP) is 2.21. The van der Waals surface area contributed by atoms with E-state index in [-0.39, 0.29) is 6.61 Å². The highest BCUT2D eigenvalue weighted by Crippen LogP contribution is 2.21. The van der Waals surface area contributed by atoms with E-state index in [9.17, 15) is 9.59 Å². The quantitative estimate of drug-likeness (QED) is 0.653. The van der Waals surface area contributed by atoms with Gasteiger partial charge in [-0.15, -0.1) is 0 Å². The van der Waals surface area contributed by atoms with Crippen molar-refractivity contribution in [3.8, 4) is 0 Å². The second kappa shape index (κ2) is 6.73. The highest BCUT2D eigenvalue weighted by Gasteiger charge is 2.25. The fourth-order valence-corrected chi connectivity index (χ4v) is 1.78. The summed E-state index contributed by atoms with van der Waals surface area (Å²) >= 11 is 0. The van der Waals surface area contributed by atoms with Gasteiger partial charge in [-0.05, 0) is 43.5 Å². The number of hydrogen-bond acceptors (Lipinski definition) is 3. The molecule has 0 saturated heterocycles. The SMILES string of the molecule is C=CC(=O)NC(C(=O)OCC)c1cccc(C)c1C. The number of hydrogen-bond donors (Lipinski definition) is 1. The van der Waals surface area contributed by atoms with Gasteiger partial charge in [-0.2, -0.15) is 0 Å². The molecule has 0 radical (unpaired) electrons. The van der Waals surface area contributed by atoms with Gasteiger partial charge in [0.2, 0.25) is 5.91 Å². The fourth-order valence-electron chi connectivity index (χ4n) is 1.78. The normalized spacial score (nSPS) is 11.5. The van der Waals surface area contributed by atoms with Crippen LogP contribution in [0.4, 0.5) is 0 Å². The van der Waals surface area contributed by atoms with Crippen molar-refractivity contribution in [2.45, 2.75) is 26.8 Å². The molecule has 4 heteroatoms. The first-order chi connectivity index (χ1) is 9.01. The standard InChI is InChI=1S/C15H19NO3/c1-5-13(17)16-14(15(18)19-6-2)12-9-7-8-10(3)11(12)4/h5,7-9,14H,1,6H2,2-4H3,(H,16,17). The number of esters is 1. The van der Waals surface area contributed by atoms with Crippen molar-refractivity contribution in [3.05, 3.63) is 47.5 Å². The van der Waals surface area contributed by atoms with Gasteiger partial charge in [0.15, 0.2) is 6.04 Å². The first kappa shape index (κ1) is 15.0. The molecule has 0 aliphatic heterocycles. The van der Waals surface area contributed by atoms with Crippen molar-refractivity contribution in [3.63, 3.8) is 0 Å². The van der Waals surface area contributed by atoms with Crippen LogP contribution in [0.15, 0.2) is 30.9 Å². The van der Waals surface area contributed by atoms with E-state index in [2.05, 4.69) is 11.9 Å². The Morgan fingerprint density at radius 2 is 2.11 bits per heavy atom. The summed E-state index contributed by atoms with van der Waals surface area (Å²) in [7, 11) is 0. The molecule has 0 saturated carbocycles. The lowest BCUT2D eigenvalue weighted by Crippen LogP contribution is -2.34. The van der Waals surface area contributed by atoms with Gasteiger partial charge >= 0.3 is 5.97 Å². The Hall–Kier alpha value is -2.10.